The van der Waals surface area contributed by atoms with E-state index in [0.717, 1.165) is 16.7 Å². The minimum absolute atomic E-state index is 0.300. The summed E-state index contributed by atoms with van der Waals surface area (Å²) in [6, 6.07) is 15.5. The van der Waals surface area contributed by atoms with Crippen molar-refractivity contribution >= 4 is 16.9 Å². The molecule has 0 radical (unpaired) electrons. The molecule has 116 valence electrons. The van der Waals surface area contributed by atoms with Gasteiger partial charge in [-0.05, 0) is 42.7 Å². The van der Waals surface area contributed by atoms with Gasteiger partial charge in [0.2, 0.25) is 0 Å². The van der Waals surface area contributed by atoms with Gasteiger partial charge in [0, 0.05) is 10.9 Å². The van der Waals surface area contributed by atoms with E-state index in [1.807, 2.05) is 49.4 Å². The average Bonchev–Trinajstić information content (AvgIpc) is 2.53. The van der Waals surface area contributed by atoms with Crippen molar-refractivity contribution < 1.29 is 9.90 Å². The zero-order chi connectivity index (χ0) is 16.6. The van der Waals surface area contributed by atoms with Crippen LogP contribution in [-0.4, -0.2) is 16.1 Å². The second-order valence-corrected chi connectivity index (χ2v) is 6.16. The van der Waals surface area contributed by atoms with Crippen LogP contribution in [-0.2, 0) is 0 Å². The fourth-order valence-electron chi connectivity index (χ4n) is 2.73. The number of hydrogen-bond donors (Lipinski definition) is 1. The highest BCUT2D eigenvalue weighted by Crippen LogP contribution is 2.28. The van der Waals surface area contributed by atoms with Crippen molar-refractivity contribution in [1.29, 1.82) is 0 Å². The summed E-state index contributed by atoms with van der Waals surface area (Å²) in [7, 11) is 0. The summed E-state index contributed by atoms with van der Waals surface area (Å²) in [4.78, 5) is 16.4. The Morgan fingerprint density at radius 2 is 1.87 bits per heavy atom. The minimum atomic E-state index is -0.924. The number of benzene rings is 2. The Hall–Kier alpha value is -2.68. The predicted octanol–water partition coefficient (Wildman–Crippen LogP) is 5.03. The van der Waals surface area contributed by atoms with E-state index in [-0.39, 0.29) is 0 Å². The highest BCUT2D eigenvalue weighted by molar-refractivity contribution is 6.04. The molecule has 3 aromatic rings. The van der Waals surface area contributed by atoms with Crippen molar-refractivity contribution in [3.63, 3.8) is 0 Å². The number of carbonyl (C=O) groups is 1. The molecular weight excluding hydrogens is 286 g/mol. The number of carboxylic acid groups (broad SMARTS) is 1. The monoisotopic (exact) mass is 305 g/mol. The van der Waals surface area contributed by atoms with Crippen LogP contribution in [0.15, 0.2) is 48.5 Å². The number of hydrogen-bond acceptors (Lipinski definition) is 2. The van der Waals surface area contributed by atoms with Crippen LogP contribution in [0.2, 0.25) is 0 Å². The molecule has 0 aliphatic rings. The van der Waals surface area contributed by atoms with E-state index in [9.17, 15) is 9.90 Å². The molecule has 0 bridgehead atoms. The van der Waals surface area contributed by atoms with Crippen LogP contribution in [0.3, 0.4) is 0 Å². The van der Waals surface area contributed by atoms with Gasteiger partial charge in [-0.15, -0.1) is 0 Å². The first-order valence-corrected chi connectivity index (χ1v) is 7.71. The van der Waals surface area contributed by atoms with Gasteiger partial charge in [-0.2, -0.15) is 0 Å². The van der Waals surface area contributed by atoms with Gasteiger partial charge in [-0.1, -0.05) is 43.7 Å². The van der Waals surface area contributed by atoms with Gasteiger partial charge in [0.1, 0.15) is 0 Å². The molecule has 0 saturated carbocycles. The molecule has 0 fully saturated rings. The summed E-state index contributed by atoms with van der Waals surface area (Å²) >= 11 is 0. The van der Waals surface area contributed by atoms with Gasteiger partial charge in [0.15, 0.2) is 0 Å². The molecule has 1 N–H and O–H groups in total. The van der Waals surface area contributed by atoms with Crippen LogP contribution in [0.1, 0.15) is 41.3 Å². The number of nitrogens with zero attached hydrogens (tertiary/aromatic N) is 1. The lowest BCUT2D eigenvalue weighted by atomic mass is 9.97. The molecule has 0 aliphatic carbocycles. The van der Waals surface area contributed by atoms with Crippen LogP contribution in [0, 0.1) is 6.92 Å². The third-order valence-corrected chi connectivity index (χ3v) is 4.04. The number of aryl methyl sites for hydroxylation is 1. The Kier molecular flexibility index (Phi) is 3.87. The summed E-state index contributed by atoms with van der Waals surface area (Å²) < 4.78 is 0. The number of aromatic nitrogens is 1. The zero-order valence-corrected chi connectivity index (χ0v) is 13.5. The molecule has 0 saturated heterocycles. The first-order chi connectivity index (χ1) is 11.0. The van der Waals surface area contributed by atoms with Crippen molar-refractivity contribution in [1.82, 2.24) is 4.98 Å². The SMILES string of the molecule is Cc1cccc(-c2cc(C(=O)O)c3cc(C(C)C)ccc3n2)c1. The van der Waals surface area contributed by atoms with Gasteiger partial charge in [-0.25, -0.2) is 9.78 Å². The summed E-state index contributed by atoms with van der Waals surface area (Å²) in [6.07, 6.45) is 0. The van der Waals surface area contributed by atoms with Crippen LogP contribution < -0.4 is 0 Å². The Balaban J connectivity index is 2.27. The Labute approximate surface area is 135 Å². The van der Waals surface area contributed by atoms with Crippen molar-refractivity contribution in [3.05, 3.63) is 65.2 Å². The average molecular weight is 305 g/mol. The van der Waals surface area contributed by atoms with E-state index in [4.69, 9.17) is 0 Å². The van der Waals surface area contributed by atoms with E-state index >= 15 is 0 Å². The topological polar surface area (TPSA) is 50.2 Å². The lowest BCUT2D eigenvalue weighted by molar-refractivity contribution is 0.0699. The van der Waals surface area contributed by atoms with Crippen molar-refractivity contribution in [2.24, 2.45) is 0 Å². The summed E-state index contributed by atoms with van der Waals surface area (Å²) in [6.45, 7) is 6.20. The van der Waals surface area contributed by atoms with Crippen LogP contribution in [0.5, 0.6) is 0 Å². The molecule has 23 heavy (non-hydrogen) atoms. The van der Waals surface area contributed by atoms with Gasteiger partial charge >= 0.3 is 5.97 Å². The van der Waals surface area contributed by atoms with Gasteiger partial charge in [-0.3, -0.25) is 0 Å². The number of rotatable bonds is 3. The molecule has 1 heterocycles. The molecule has 0 atom stereocenters. The summed E-state index contributed by atoms with van der Waals surface area (Å²) in [5.41, 5.74) is 4.87. The molecule has 0 aliphatic heterocycles. The fourth-order valence-corrected chi connectivity index (χ4v) is 2.73. The quantitative estimate of drug-likeness (QED) is 0.738. The van der Waals surface area contributed by atoms with Crippen LogP contribution in [0.25, 0.3) is 22.2 Å². The third kappa shape index (κ3) is 2.95. The standard InChI is InChI=1S/C20H19NO2/c1-12(2)14-7-8-18-16(10-14)17(20(22)23)11-19(21-18)15-6-4-5-13(3)9-15/h4-12H,1-3H3,(H,22,23). The lowest BCUT2D eigenvalue weighted by Crippen LogP contribution is -2.01. The maximum absolute atomic E-state index is 11.7. The first-order valence-electron chi connectivity index (χ1n) is 7.71. The molecule has 0 spiro atoms. The largest absolute Gasteiger partial charge is 0.478 e. The first kappa shape index (κ1) is 15.2. The number of aromatic carboxylic acids is 1. The molecule has 3 nitrogen and oxygen atoms in total. The van der Waals surface area contributed by atoms with Gasteiger partial charge in [0.25, 0.3) is 0 Å². The second kappa shape index (κ2) is 5.84. The highest BCUT2D eigenvalue weighted by atomic mass is 16.4. The third-order valence-electron chi connectivity index (χ3n) is 4.04. The summed E-state index contributed by atoms with van der Waals surface area (Å²) in [5.74, 6) is -0.579. The van der Waals surface area contributed by atoms with Gasteiger partial charge in [0.05, 0.1) is 16.8 Å². The molecule has 0 unspecified atom stereocenters. The van der Waals surface area contributed by atoms with Crippen molar-refractivity contribution in [3.8, 4) is 11.3 Å². The van der Waals surface area contributed by atoms with E-state index in [2.05, 4.69) is 18.8 Å². The van der Waals surface area contributed by atoms with Crippen LogP contribution >= 0.6 is 0 Å². The Bertz CT molecular complexity index is 897. The fraction of sp³-hybridized carbons (Fsp3) is 0.200. The maximum Gasteiger partial charge on any atom is 0.336 e. The second-order valence-electron chi connectivity index (χ2n) is 6.16. The molecule has 2 aromatic carbocycles. The summed E-state index contributed by atoms with van der Waals surface area (Å²) in [5, 5.41) is 10.3. The van der Waals surface area contributed by atoms with Gasteiger partial charge < -0.3 is 5.11 Å². The predicted molar refractivity (Wildman–Crippen MR) is 93.0 cm³/mol. The number of fused-ring (bicyclic) bond motifs is 1. The maximum atomic E-state index is 11.7. The van der Waals surface area contributed by atoms with E-state index in [1.54, 1.807) is 6.07 Å². The van der Waals surface area contributed by atoms with Crippen molar-refractivity contribution in [2.45, 2.75) is 26.7 Å². The molecule has 0 amide bonds. The molecule has 3 heteroatoms. The van der Waals surface area contributed by atoms with Crippen molar-refractivity contribution in [2.75, 3.05) is 0 Å². The molecule has 3 rings (SSSR count). The number of pyridine rings is 1. The van der Waals surface area contributed by atoms with E-state index < -0.39 is 5.97 Å². The van der Waals surface area contributed by atoms with E-state index in [0.29, 0.717) is 28.1 Å². The number of carboxylic acids is 1. The highest BCUT2D eigenvalue weighted by Gasteiger charge is 2.14. The Morgan fingerprint density at radius 3 is 2.52 bits per heavy atom. The lowest BCUT2D eigenvalue weighted by Gasteiger charge is -2.11. The molecule has 1 aromatic heterocycles. The smallest absolute Gasteiger partial charge is 0.336 e. The zero-order valence-electron chi connectivity index (χ0n) is 13.5. The van der Waals surface area contributed by atoms with E-state index in [1.165, 1.54) is 0 Å². The minimum Gasteiger partial charge on any atom is -0.478 e. The molecular formula is C20H19NO2. The van der Waals surface area contributed by atoms with Crippen LogP contribution in [0.4, 0.5) is 0 Å². The Morgan fingerprint density at radius 1 is 1.09 bits per heavy atom. The normalized spacial score (nSPS) is 11.1.